The molecule has 160 valence electrons. The summed E-state index contributed by atoms with van der Waals surface area (Å²) in [7, 11) is 3.18. The van der Waals surface area contributed by atoms with Gasteiger partial charge in [0.25, 0.3) is 5.91 Å². The van der Waals surface area contributed by atoms with E-state index in [1.807, 2.05) is 39.0 Å². The van der Waals surface area contributed by atoms with Gasteiger partial charge in [-0.05, 0) is 25.8 Å². The van der Waals surface area contributed by atoms with Gasteiger partial charge in [-0.2, -0.15) is 5.10 Å². The van der Waals surface area contributed by atoms with E-state index in [1.165, 1.54) is 0 Å². The molecule has 2 unspecified atom stereocenters. The molecule has 1 aliphatic carbocycles. The van der Waals surface area contributed by atoms with Gasteiger partial charge in [0, 0.05) is 17.2 Å². The van der Waals surface area contributed by atoms with Gasteiger partial charge in [0.15, 0.2) is 17.1 Å². The lowest BCUT2D eigenvalue weighted by Gasteiger charge is -2.35. The van der Waals surface area contributed by atoms with E-state index in [1.54, 1.807) is 31.3 Å². The summed E-state index contributed by atoms with van der Waals surface area (Å²) in [6, 6.07) is 5.64. The average Bonchev–Trinajstić information content (AvgIpc) is 3.28. The number of carbonyl (C=O) groups is 2. The summed E-state index contributed by atoms with van der Waals surface area (Å²) in [4.78, 5) is 25.6. The fourth-order valence-electron chi connectivity index (χ4n) is 4.75. The second-order valence-electron chi connectivity index (χ2n) is 8.71. The van der Waals surface area contributed by atoms with Gasteiger partial charge < -0.3 is 19.5 Å². The number of fused-ring (bicyclic) bond motifs is 2. The Bertz CT molecular complexity index is 1010. The molecule has 30 heavy (non-hydrogen) atoms. The van der Waals surface area contributed by atoms with E-state index >= 15 is 0 Å². The van der Waals surface area contributed by atoms with Crippen LogP contribution in [-0.2, 0) is 20.9 Å². The molecule has 1 aromatic carbocycles. The Hall–Kier alpha value is -3.03. The minimum Gasteiger partial charge on any atom is -0.493 e. The minimum atomic E-state index is -1.16. The van der Waals surface area contributed by atoms with Crippen LogP contribution in [0, 0.1) is 10.8 Å². The lowest BCUT2D eigenvalue weighted by atomic mass is 9.66. The number of esters is 1. The molecule has 1 aliphatic heterocycles. The molecule has 2 fully saturated rings. The number of carbonyl (C=O) groups excluding carboxylic acids is 2. The summed E-state index contributed by atoms with van der Waals surface area (Å²) in [6.07, 6.45) is 4.48. The molecule has 1 saturated heterocycles. The van der Waals surface area contributed by atoms with Crippen LogP contribution in [0.25, 0.3) is 0 Å². The molecule has 2 heterocycles. The highest BCUT2D eigenvalue weighted by Gasteiger charge is 2.75. The van der Waals surface area contributed by atoms with Crippen LogP contribution < -0.4 is 14.8 Å². The lowest BCUT2D eigenvalue weighted by molar-refractivity contribution is -0.165. The largest absolute Gasteiger partial charge is 0.493 e. The monoisotopic (exact) mass is 413 g/mol. The molecule has 2 aromatic rings. The molecule has 1 N–H and O–H groups in total. The fourth-order valence-corrected chi connectivity index (χ4v) is 4.75. The topological polar surface area (TPSA) is 91.7 Å². The van der Waals surface area contributed by atoms with Crippen LogP contribution in [-0.4, -0.2) is 41.5 Å². The maximum atomic E-state index is 13.2. The highest BCUT2D eigenvalue weighted by atomic mass is 16.6. The molecule has 2 bridgehead atoms. The quantitative estimate of drug-likeness (QED) is 0.732. The van der Waals surface area contributed by atoms with Crippen molar-refractivity contribution in [2.45, 2.75) is 45.8 Å². The highest BCUT2D eigenvalue weighted by Crippen LogP contribution is 2.65. The number of nitrogens with one attached hydrogen (secondary N) is 1. The summed E-state index contributed by atoms with van der Waals surface area (Å²) in [5, 5.41) is 7.24. The van der Waals surface area contributed by atoms with Crippen molar-refractivity contribution in [1.82, 2.24) is 9.78 Å². The van der Waals surface area contributed by atoms with Gasteiger partial charge in [-0.1, -0.05) is 26.0 Å². The molecule has 1 saturated carbocycles. The van der Waals surface area contributed by atoms with Gasteiger partial charge in [0.2, 0.25) is 0 Å². The molecule has 8 heteroatoms. The smallest absolute Gasteiger partial charge is 0.313 e. The fraction of sp³-hybridized carbons (Fsp3) is 0.500. The number of anilines is 1. The third kappa shape index (κ3) is 2.62. The second-order valence-corrected chi connectivity index (χ2v) is 8.71. The highest BCUT2D eigenvalue weighted by molar-refractivity contribution is 6.03. The first-order valence-electron chi connectivity index (χ1n) is 9.96. The SMILES string of the molecule is COc1cccc(Cn2cc(NC(=O)C34CCC(C)(C(=O)O3)C4(C)C)cn2)c1OC. The molecule has 0 radical (unpaired) electrons. The number of nitrogens with zero attached hydrogens (tertiary/aromatic N) is 2. The number of aromatic nitrogens is 2. The van der Waals surface area contributed by atoms with Crippen LogP contribution in [0.1, 0.15) is 39.2 Å². The number of hydrogen-bond acceptors (Lipinski definition) is 6. The predicted molar refractivity (Wildman–Crippen MR) is 109 cm³/mol. The zero-order valence-electron chi connectivity index (χ0n) is 17.9. The van der Waals surface area contributed by atoms with Gasteiger partial charge in [-0.15, -0.1) is 0 Å². The zero-order valence-corrected chi connectivity index (χ0v) is 17.9. The summed E-state index contributed by atoms with van der Waals surface area (Å²) in [6.45, 7) is 6.20. The van der Waals surface area contributed by atoms with Crippen molar-refractivity contribution in [3.63, 3.8) is 0 Å². The van der Waals surface area contributed by atoms with Crippen LogP contribution in [0.5, 0.6) is 11.5 Å². The van der Waals surface area contributed by atoms with Crippen molar-refractivity contribution in [3.8, 4) is 11.5 Å². The van der Waals surface area contributed by atoms with Gasteiger partial charge in [-0.25, -0.2) is 0 Å². The van der Waals surface area contributed by atoms with Crippen LogP contribution in [0.2, 0.25) is 0 Å². The van der Waals surface area contributed by atoms with Crippen molar-refractivity contribution < 1.29 is 23.8 Å². The average molecular weight is 413 g/mol. The Kier molecular flexibility index (Phi) is 4.56. The van der Waals surface area contributed by atoms with Crippen LogP contribution >= 0.6 is 0 Å². The Morgan fingerprint density at radius 3 is 2.60 bits per heavy atom. The first kappa shape index (κ1) is 20.3. The third-order valence-electron chi connectivity index (χ3n) is 7.16. The first-order valence-corrected chi connectivity index (χ1v) is 9.96. The second kappa shape index (κ2) is 6.75. The van der Waals surface area contributed by atoms with Crippen LogP contribution in [0.15, 0.2) is 30.6 Å². The molecule has 2 aliphatic rings. The summed E-state index contributed by atoms with van der Waals surface area (Å²) >= 11 is 0. The summed E-state index contributed by atoms with van der Waals surface area (Å²) in [5.74, 6) is 0.685. The Balaban J connectivity index is 1.53. The Labute approximate surface area is 175 Å². The number of para-hydroxylation sites is 1. The standard InChI is InChI=1S/C22H27N3O5/c1-20(2)21(3)9-10-22(20,30-19(21)27)18(26)24-15-11-23-25(13-15)12-14-7-6-8-16(28-4)17(14)29-5/h6-8,11,13H,9-10,12H2,1-5H3,(H,24,26). The summed E-state index contributed by atoms with van der Waals surface area (Å²) in [5.41, 5.74) is -0.947. The van der Waals surface area contributed by atoms with E-state index in [4.69, 9.17) is 14.2 Å². The Morgan fingerprint density at radius 1 is 1.23 bits per heavy atom. The van der Waals surface area contributed by atoms with E-state index in [0.717, 1.165) is 5.56 Å². The number of ether oxygens (including phenoxy) is 3. The van der Waals surface area contributed by atoms with Crippen molar-refractivity contribution in [2.75, 3.05) is 19.5 Å². The van der Waals surface area contributed by atoms with E-state index in [0.29, 0.717) is 36.6 Å². The number of amides is 1. The first-order chi connectivity index (χ1) is 14.2. The van der Waals surface area contributed by atoms with Crippen LogP contribution in [0.3, 0.4) is 0 Å². The van der Waals surface area contributed by atoms with Crippen molar-refractivity contribution in [1.29, 1.82) is 0 Å². The molecule has 8 nitrogen and oxygen atoms in total. The molecule has 2 atom stereocenters. The van der Waals surface area contributed by atoms with E-state index in [2.05, 4.69) is 10.4 Å². The maximum absolute atomic E-state index is 13.2. The number of benzene rings is 1. The van der Waals surface area contributed by atoms with Crippen molar-refractivity contribution in [2.24, 2.45) is 10.8 Å². The number of methoxy groups -OCH3 is 2. The molecule has 0 spiro atoms. The molecule has 1 aromatic heterocycles. The molecular weight excluding hydrogens is 386 g/mol. The van der Waals surface area contributed by atoms with Gasteiger partial charge >= 0.3 is 5.97 Å². The van der Waals surface area contributed by atoms with Crippen molar-refractivity contribution >= 4 is 17.6 Å². The van der Waals surface area contributed by atoms with Gasteiger partial charge in [-0.3, -0.25) is 14.3 Å². The van der Waals surface area contributed by atoms with E-state index in [-0.39, 0.29) is 11.9 Å². The van der Waals surface area contributed by atoms with Gasteiger partial charge in [0.05, 0.1) is 38.1 Å². The minimum absolute atomic E-state index is 0.297. The number of hydrogen-bond donors (Lipinski definition) is 1. The Morgan fingerprint density at radius 2 is 2.00 bits per heavy atom. The zero-order chi connectivity index (χ0) is 21.7. The van der Waals surface area contributed by atoms with Gasteiger partial charge in [0.1, 0.15) is 0 Å². The summed E-state index contributed by atoms with van der Waals surface area (Å²) < 4.78 is 18.2. The normalized spacial score (nSPS) is 26.4. The predicted octanol–water partition coefficient (Wildman–Crippen LogP) is 3.01. The van der Waals surface area contributed by atoms with Crippen molar-refractivity contribution in [3.05, 3.63) is 36.2 Å². The maximum Gasteiger partial charge on any atom is 0.313 e. The van der Waals surface area contributed by atoms with E-state index < -0.39 is 16.4 Å². The number of rotatable bonds is 6. The third-order valence-corrected chi connectivity index (χ3v) is 7.16. The molecule has 1 amide bonds. The molecule has 4 rings (SSSR count). The lowest BCUT2D eigenvalue weighted by Crippen LogP contribution is -2.50. The van der Waals surface area contributed by atoms with Crippen LogP contribution in [0.4, 0.5) is 5.69 Å². The molecular formula is C22H27N3O5. The van der Waals surface area contributed by atoms with E-state index in [9.17, 15) is 9.59 Å².